The zero-order chi connectivity index (χ0) is 15.0. The number of nitro groups is 1. The third-order valence-electron chi connectivity index (χ3n) is 4.06. The Morgan fingerprint density at radius 1 is 1.71 bits per heavy atom. The Morgan fingerprint density at radius 3 is 3.24 bits per heavy atom. The van der Waals surface area contributed by atoms with E-state index in [1.807, 2.05) is 0 Å². The molecular weight excluding hydrogens is 292 g/mol. The fourth-order valence-electron chi connectivity index (χ4n) is 3.11. The van der Waals surface area contributed by atoms with Gasteiger partial charge in [-0.15, -0.1) is 0 Å². The highest BCUT2D eigenvalue weighted by molar-refractivity contribution is 7.15. The molecule has 0 spiro atoms. The van der Waals surface area contributed by atoms with Crippen LogP contribution in [-0.4, -0.2) is 31.6 Å². The van der Waals surface area contributed by atoms with Crippen molar-refractivity contribution in [1.82, 2.24) is 9.38 Å². The second kappa shape index (κ2) is 5.27. The Morgan fingerprint density at radius 2 is 2.52 bits per heavy atom. The third-order valence-corrected chi connectivity index (χ3v) is 4.82. The minimum Gasteiger partial charge on any atom is -0.388 e. The summed E-state index contributed by atoms with van der Waals surface area (Å²) in [6.07, 6.45) is 5.19. The zero-order valence-corrected chi connectivity index (χ0v) is 12.6. The van der Waals surface area contributed by atoms with E-state index >= 15 is 0 Å². The van der Waals surface area contributed by atoms with Gasteiger partial charge in [-0.25, -0.2) is 0 Å². The second-order valence-electron chi connectivity index (χ2n) is 5.88. The lowest BCUT2D eigenvalue weighted by Gasteiger charge is -2.35. The molecule has 3 rings (SSSR count). The van der Waals surface area contributed by atoms with Gasteiger partial charge in [0.1, 0.15) is 6.20 Å². The van der Waals surface area contributed by atoms with Crippen LogP contribution in [0, 0.1) is 16.0 Å². The van der Waals surface area contributed by atoms with Crippen molar-refractivity contribution in [3.8, 4) is 0 Å². The third kappa shape index (κ3) is 2.73. The first kappa shape index (κ1) is 14.3. The minimum atomic E-state index is -0.803. The smallest absolute Gasteiger partial charge is 0.372 e. The van der Waals surface area contributed by atoms with Crippen molar-refractivity contribution in [3.05, 3.63) is 21.7 Å². The molecule has 0 saturated heterocycles. The molecule has 0 bridgehead atoms. The number of rotatable bonds is 4. The Labute approximate surface area is 125 Å². The van der Waals surface area contributed by atoms with Crippen molar-refractivity contribution in [2.45, 2.75) is 38.2 Å². The number of imidazole rings is 1. The summed E-state index contributed by atoms with van der Waals surface area (Å²) < 4.78 is 1.46. The molecule has 0 aromatic carbocycles. The molecule has 0 amide bonds. The first-order valence-corrected chi connectivity index (χ1v) is 7.93. The van der Waals surface area contributed by atoms with Gasteiger partial charge in [0.15, 0.2) is 0 Å². The van der Waals surface area contributed by atoms with E-state index in [0.29, 0.717) is 17.4 Å². The summed E-state index contributed by atoms with van der Waals surface area (Å²) in [7, 11) is 0. The Balaban J connectivity index is 1.80. The second-order valence-corrected chi connectivity index (χ2v) is 6.75. The number of nitrogens with zero attached hydrogens (tertiary/aromatic N) is 3. The van der Waals surface area contributed by atoms with Crippen LogP contribution < -0.4 is 5.32 Å². The molecule has 2 heterocycles. The molecule has 2 aromatic rings. The number of aromatic nitrogens is 2. The van der Waals surface area contributed by atoms with Crippen molar-refractivity contribution >= 4 is 27.9 Å². The lowest BCUT2D eigenvalue weighted by atomic mass is 9.79. The molecule has 1 aliphatic rings. The number of hydrogen-bond donors (Lipinski definition) is 2. The summed E-state index contributed by atoms with van der Waals surface area (Å²) in [5.41, 5.74) is -0.803. The molecule has 0 aliphatic heterocycles. The molecule has 8 heteroatoms. The molecule has 2 aromatic heterocycles. The van der Waals surface area contributed by atoms with E-state index in [9.17, 15) is 15.2 Å². The lowest BCUT2D eigenvalue weighted by molar-refractivity contribution is -0.389. The highest BCUT2D eigenvalue weighted by atomic mass is 32.1. The van der Waals surface area contributed by atoms with Gasteiger partial charge in [-0.05, 0) is 23.7 Å². The Bertz CT molecular complexity index is 667. The van der Waals surface area contributed by atoms with Crippen LogP contribution >= 0.6 is 11.3 Å². The Hall–Kier alpha value is -1.67. The molecule has 0 unspecified atom stereocenters. The average molecular weight is 310 g/mol. The van der Waals surface area contributed by atoms with Crippen LogP contribution in [0.3, 0.4) is 0 Å². The molecule has 7 nitrogen and oxygen atoms in total. The van der Waals surface area contributed by atoms with Crippen LogP contribution in [0.15, 0.2) is 11.6 Å². The summed E-state index contributed by atoms with van der Waals surface area (Å²) in [4.78, 5) is 15.6. The normalized spacial score (nSPS) is 26.1. The summed E-state index contributed by atoms with van der Waals surface area (Å²) in [6, 6.07) is 0. The van der Waals surface area contributed by atoms with Gasteiger partial charge in [0.2, 0.25) is 5.82 Å². The van der Waals surface area contributed by atoms with Gasteiger partial charge in [-0.1, -0.05) is 31.1 Å². The van der Waals surface area contributed by atoms with Gasteiger partial charge in [0, 0.05) is 11.9 Å². The molecule has 1 fully saturated rings. The van der Waals surface area contributed by atoms with E-state index in [0.717, 1.165) is 25.7 Å². The molecule has 2 N–H and O–H groups in total. The molecule has 114 valence electrons. The fourth-order valence-corrected chi connectivity index (χ4v) is 3.82. The van der Waals surface area contributed by atoms with E-state index < -0.39 is 10.5 Å². The van der Waals surface area contributed by atoms with Crippen molar-refractivity contribution < 1.29 is 10.0 Å². The summed E-state index contributed by atoms with van der Waals surface area (Å²) >= 11 is 1.35. The molecule has 1 saturated carbocycles. The number of fused-ring (bicyclic) bond motifs is 1. The predicted molar refractivity (Wildman–Crippen MR) is 80.8 cm³/mol. The first-order chi connectivity index (χ1) is 9.98. The molecule has 0 radical (unpaired) electrons. The maximum Gasteiger partial charge on any atom is 0.372 e. The van der Waals surface area contributed by atoms with Gasteiger partial charge in [-0.3, -0.25) is 0 Å². The number of thiazole rings is 1. The van der Waals surface area contributed by atoms with Crippen LogP contribution in [0.4, 0.5) is 11.6 Å². The number of anilines is 1. The maximum absolute atomic E-state index is 11.2. The SMILES string of the molecule is C[C@H]1CCC[C@](O)(CNc2nc3sccn3c2[N+](=O)[O-])C1. The van der Waals surface area contributed by atoms with Crippen LogP contribution in [0.1, 0.15) is 32.6 Å². The monoisotopic (exact) mass is 310 g/mol. The van der Waals surface area contributed by atoms with Gasteiger partial charge < -0.3 is 20.5 Å². The van der Waals surface area contributed by atoms with Crippen molar-refractivity contribution in [2.24, 2.45) is 5.92 Å². The number of hydrogen-bond acceptors (Lipinski definition) is 6. The summed E-state index contributed by atoms with van der Waals surface area (Å²) in [6.45, 7) is 2.42. The van der Waals surface area contributed by atoms with E-state index in [1.165, 1.54) is 15.7 Å². The van der Waals surface area contributed by atoms with Gasteiger partial charge in [0.05, 0.1) is 5.60 Å². The van der Waals surface area contributed by atoms with Gasteiger partial charge >= 0.3 is 5.82 Å². The lowest BCUT2D eigenvalue weighted by Crippen LogP contribution is -2.41. The summed E-state index contributed by atoms with van der Waals surface area (Å²) in [5.74, 6) is 0.642. The van der Waals surface area contributed by atoms with Crippen LogP contribution in [-0.2, 0) is 0 Å². The van der Waals surface area contributed by atoms with Crippen LogP contribution in [0.25, 0.3) is 4.96 Å². The highest BCUT2D eigenvalue weighted by Crippen LogP contribution is 2.34. The molecular formula is C13H18N4O3S. The van der Waals surface area contributed by atoms with Crippen molar-refractivity contribution in [1.29, 1.82) is 0 Å². The van der Waals surface area contributed by atoms with Crippen LogP contribution in [0.5, 0.6) is 0 Å². The van der Waals surface area contributed by atoms with E-state index in [2.05, 4.69) is 17.2 Å². The maximum atomic E-state index is 11.2. The van der Waals surface area contributed by atoms with Gasteiger partial charge in [0.25, 0.3) is 4.96 Å². The fraction of sp³-hybridized carbons (Fsp3) is 0.615. The molecule has 21 heavy (non-hydrogen) atoms. The standard InChI is InChI=1S/C13H18N4O3S/c1-9-3-2-4-13(18,7-9)8-14-10-11(17(19)20)16-5-6-21-12(16)15-10/h5-6,9,14,18H,2-4,7-8H2,1H3/t9-,13+/m0/s1. The van der Waals surface area contributed by atoms with Crippen molar-refractivity contribution in [2.75, 3.05) is 11.9 Å². The van der Waals surface area contributed by atoms with Gasteiger partial charge in [-0.2, -0.15) is 9.38 Å². The largest absolute Gasteiger partial charge is 0.388 e. The molecule has 1 aliphatic carbocycles. The molecule has 2 atom stereocenters. The van der Waals surface area contributed by atoms with E-state index in [4.69, 9.17) is 0 Å². The Kier molecular flexibility index (Phi) is 3.58. The highest BCUT2D eigenvalue weighted by Gasteiger charge is 2.34. The minimum absolute atomic E-state index is 0.0706. The zero-order valence-electron chi connectivity index (χ0n) is 11.8. The number of aliphatic hydroxyl groups is 1. The van der Waals surface area contributed by atoms with E-state index in [1.54, 1.807) is 11.6 Å². The number of nitrogens with one attached hydrogen (secondary N) is 1. The van der Waals surface area contributed by atoms with Crippen molar-refractivity contribution in [3.63, 3.8) is 0 Å². The average Bonchev–Trinajstić information content (AvgIpc) is 2.95. The summed E-state index contributed by atoms with van der Waals surface area (Å²) in [5, 5.41) is 26.6. The predicted octanol–water partition coefficient (Wildman–Crippen LogP) is 2.66. The van der Waals surface area contributed by atoms with E-state index in [-0.39, 0.29) is 11.6 Å². The topological polar surface area (TPSA) is 92.7 Å². The van der Waals surface area contributed by atoms with Crippen LogP contribution in [0.2, 0.25) is 0 Å². The first-order valence-electron chi connectivity index (χ1n) is 7.05. The quantitative estimate of drug-likeness (QED) is 0.669.